The van der Waals surface area contributed by atoms with Crippen molar-refractivity contribution in [3.05, 3.63) is 41.7 Å². The van der Waals surface area contributed by atoms with Crippen LogP contribution < -0.4 is 5.32 Å². The van der Waals surface area contributed by atoms with Gasteiger partial charge >= 0.3 is 0 Å². The predicted octanol–water partition coefficient (Wildman–Crippen LogP) is 2.28. The lowest BCUT2D eigenvalue weighted by molar-refractivity contribution is 0.0926. The zero-order valence-electron chi connectivity index (χ0n) is 15.3. The van der Waals surface area contributed by atoms with E-state index in [-0.39, 0.29) is 17.4 Å². The zero-order valence-corrected chi connectivity index (χ0v) is 15.3. The van der Waals surface area contributed by atoms with Crippen molar-refractivity contribution in [2.24, 2.45) is 7.05 Å². The molecule has 0 aliphatic carbocycles. The lowest BCUT2D eigenvalue weighted by Gasteiger charge is -2.14. The number of fused-ring (bicyclic) bond motifs is 1. The molecule has 1 amide bonds. The van der Waals surface area contributed by atoms with E-state index in [4.69, 9.17) is 0 Å². The van der Waals surface area contributed by atoms with Crippen LogP contribution in [0.5, 0.6) is 0 Å². The van der Waals surface area contributed by atoms with Gasteiger partial charge in [-0.05, 0) is 25.1 Å². The number of rotatable bonds is 4. The Morgan fingerprint density at radius 1 is 1.28 bits per heavy atom. The van der Waals surface area contributed by atoms with Crippen LogP contribution in [0.25, 0.3) is 11.0 Å². The topological polar surface area (TPSA) is 77.6 Å². The highest BCUT2D eigenvalue weighted by molar-refractivity contribution is 5.92. The van der Waals surface area contributed by atoms with Crippen molar-refractivity contribution in [1.29, 1.82) is 0 Å². The summed E-state index contributed by atoms with van der Waals surface area (Å²) in [5.41, 5.74) is 3.17. The summed E-state index contributed by atoms with van der Waals surface area (Å²) in [6, 6.07) is 9.54. The van der Waals surface area contributed by atoms with Crippen LogP contribution in [0.2, 0.25) is 0 Å². The minimum Gasteiger partial charge on any atom is -0.346 e. The number of benzene rings is 1. The molecule has 132 valence electrons. The number of aryl methyl sites for hydroxylation is 1. The molecule has 0 aliphatic rings. The number of aromatic nitrogens is 5. The molecular weight excluding hydrogens is 316 g/mol. The summed E-state index contributed by atoms with van der Waals surface area (Å²) in [5, 5.41) is 15.8. The van der Waals surface area contributed by atoms with E-state index in [0.29, 0.717) is 12.2 Å². The van der Waals surface area contributed by atoms with Crippen molar-refractivity contribution in [2.75, 3.05) is 0 Å². The molecule has 1 atom stereocenters. The molecule has 0 radical (unpaired) electrons. The van der Waals surface area contributed by atoms with E-state index in [9.17, 15) is 4.79 Å². The van der Waals surface area contributed by atoms with E-state index in [2.05, 4.69) is 41.5 Å². The van der Waals surface area contributed by atoms with Crippen molar-refractivity contribution in [3.63, 3.8) is 0 Å². The average molecular weight is 340 g/mol. The minimum atomic E-state index is -0.137. The Kier molecular flexibility index (Phi) is 4.32. The van der Waals surface area contributed by atoms with E-state index in [1.54, 1.807) is 11.7 Å². The molecule has 25 heavy (non-hydrogen) atoms. The van der Waals surface area contributed by atoms with Gasteiger partial charge in [0.1, 0.15) is 11.2 Å². The standard InChI is InChI=1S/C18H24N6O/c1-12(11-24-14-9-7-6-8-13(14)20-22-24)19-17(25)15-10-16(18(2,3)4)21-23(15)5/h6-10,12H,11H2,1-5H3,(H,19,25)/t12-/m0/s1. The van der Waals surface area contributed by atoms with Crippen LogP contribution in [0.1, 0.15) is 43.9 Å². The number of nitrogens with zero attached hydrogens (tertiary/aromatic N) is 5. The molecule has 1 aromatic carbocycles. The van der Waals surface area contributed by atoms with Gasteiger partial charge in [0, 0.05) is 18.5 Å². The number of amides is 1. The number of para-hydroxylation sites is 1. The van der Waals surface area contributed by atoms with E-state index in [1.807, 2.05) is 41.9 Å². The molecule has 7 nitrogen and oxygen atoms in total. The normalized spacial score (nSPS) is 13.2. The summed E-state index contributed by atoms with van der Waals surface area (Å²) in [6.45, 7) is 8.74. The first-order valence-electron chi connectivity index (χ1n) is 8.39. The molecule has 0 fully saturated rings. The predicted molar refractivity (Wildman–Crippen MR) is 96.4 cm³/mol. The van der Waals surface area contributed by atoms with Crippen molar-refractivity contribution >= 4 is 16.9 Å². The molecule has 2 aromatic heterocycles. The van der Waals surface area contributed by atoms with Crippen molar-refractivity contribution in [3.8, 4) is 0 Å². The third-order valence-electron chi connectivity index (χ3n) is 4.13. The molecule has 0 saturated carbocycles. The van der Waals surface area contributed by atoms with Gasteiger partial charge in [0.05, 0.1) is 17.8 Å². The van der Waals surface area contributed by atoms with Gasteiger partial charge in [-0.25, -0.2) is 4.68 Å². The van der Waals surface area contributed by atoms with E-state index in [0.717, 1.165) is 16.7 Å². The van der Waals surface area contributed by atoms with Crippen LogP contribution in [0, 0.1) is 0 Å². The minimum absolute atomic E-state index is 0.0920. The van der Waals surface area contributed by atoms with Gasteiger partial charge in [-0.15, -0.1) is 5.10 Å². The smallest absolute Gasteiger partial charge is 0.269 e. The third-order valence-corrected chi connectivity index (χ3v) is 4.13. The molecule has 2 heterocycles. The summed E-state index contributed by atoms with van der Waals surface area (Å²) in [7, 11) is 1.79. The van der Waals surface area contributed by atoms with Gasteiger partial charge in [0.2, 0.25) is 0 Å². The lowest BCUT2D eigenvalue weighted by atomic mass is 9.92. The maximum absolute atomic E-state index is 12.6. The second-order valence-corrected chi connectivity index (χ2v) is 7.42. The fourth-order valence-electron chi connectivity index (χ4n) is 2.70. The van der Waals surface area contributed by atoms with Crippen LogP contribution in [0.4, 0.5) is 0 Å². The first-order valence-corrected chi connectivity index (χ1v) is 8.39. The van der Waals surface area contributed by atoms with Gasteiger partial charge in [-0.3, -0.25) is 9.48 Å². The summed E-state index contributed by atoms with van der Waals surface area (Å²) < 4.78 is 3.44. The zero-order chi connectivity index (χ0) is 18.2. The Morgan fingerprint density at radius 3 is 2.68 bits per heavy atom. The second-order valence-electron chi connectivity index (χ2n) is 7.42. The van der Waals surface area contributed by atoms with Crippen molar-refractivity contribution in [2.45, 2.75) is 45.7 Å². The molecule has 0 aliphatic heterocycles. The Balaban J connectivity index is 1.72. The second kappa shape index (κ2) is 6.31. The Labute approximate surface area is 147 Å². The van der Waals surface area contributed by atoms with E-state index >= 15 is 0 Å². The maximum Gasteiger partial charge on any atom is 0.269 e. The fraction of sp³-hybridized carbons (Fsp3) is 0.444. The first-order chi connectivity index (χ1) is 11.8. The van der Waals surface area contributed by atoms with Crippen molar-refractivity contribution < 1.29 is 4.79 Å². The summed E-state index contributed by atoms with van der Waals surface area (Å²) in [6.07, 6.45) is 0. The highest BCUT2D eigenvalue weighted by Crippen LogP contribution is 2.21. The van der Waals surface area contributed by atoms with Crippen LogP contribution in [0.15, 0.2) is 30.3 Å². The molecule has 3 rings (SSSR count). The molecule has 0 unspecified atom stereocenters. The number of nitrogens with one attached hydrogen (secondary N) is 1. The first kappa shape index (κ1) is 17.1. The van der Waals surface area contributed by atoms with Crippen LogP contribution in [-0.2, 0) is 19.0 Å². The summed E-state index contributed by atoms with van der Waals surface area (Å²) in [5.74, 6) is -0.137. The molecule has 7 heteroatoms. The van der Waals surface area contributed by atoms with E-state index < -0.39 is 0 Å². The third kappa shape index (κ3) is 3.55. The van der Waals surface area contributed by atoms with Gasteiger partial charge < -0.3 is 5.32 Å². The van der Waals surface area contributed by atoms with Gasteiger partial charge in [0.25, 0.3) is 5.91 Å². The number of hydrogen-bond acceptors (Lipinski definition) is 4. The largest absolute Gasteiger partial charge is 0.346 e. The van der Waals surface area contributed by atoms with Gasteiger partial charge in [0.15, 0.2) is 0 Å². The quantitative estimate of drug-likeness (QED) is 0.790. The van der Waals surface area contributed by atoms with Gasteiger partial charge in [-0.2, -0.15) is 5.10 Å². The summed E-state index contributed by atoms with van der Waals surface area (Å²) >= 11 is 0. The highest BCUT2D eigenvalue weighted by Gasteiger charge is 2.22. The molecule has 0 bridgehead atoms. The fourth-order valence-corrected chi connectivity index (χ4v) is 2.70. The molecule has 3 aromatic rings. The molecule has 0 saturated heterocycles. The summed E-state index contributed by atoms with van der Waals surface area (Å²) in [4.78, 5) is 12.6. The Hall–Kier alpha value is -2.70. The number of carbonyl (C=O) groups is 1. The SMILES string of the molecule is C[C@@H](Cn1nnc2ccccc21)NC(=O)c1cc(C(C)(C)C)nn1C. The number of hydrogen-bond donors (Lipinski definition) is 1. The average Bonchev–Trinajstić information content (AvgIpc) is 3.11. The van der Waals surface area contributed by atoms with E-state index in [1.165, 1.54) is 0 Å². The molecule has 0 spiro atoms. The number of carbonyl (C=O) groups excluding carboxylic acids is 1. The maximum atomic E-state index is 12.6. The Morgan fingerprint density at radius 2 is 2.00 bits per heavy atom. The van der Waals surface area contributed by atoms with Crippen molar-refractivity contribution in [1.82, 2.24) is 30.1 Å². The molecule has 1 N–H and O–H groups in total. The van der Waals surface area contributed by atoms with Gasteiger partial charge in [-0.1, -0.05) is 38.1 Å². The van der Waals surface area contributed by atoms with Crippen LogP contribution in [0.3, 0.4) is 0 Å². The Bertz CT molecular complexity index is 902. The van der Waals surface area contributed by atoms with Crippen LogP contribution >= 0.6 is 0 Å². The molecular formula is C18H24N6O. The monoisotopic (exact) mass is 340 g/mol. The van der Waals surface area contributed by atoms with Crippen LogP contribution in [-0.4, -0.2) is 36.7 Å². The highest BCUT2D eigenvalue weighted by atomic mass is 16.2. The lowest BCUT2D eigenvalue weighted by Crippen LogP contribution is -2.36.